The first-order valence-electron chi connectivity index (χ1n) is 7.30. The lowest BCUT2D eigenvalue weighted by atomic mass is 10.1. The molecule has 2 aromatic rings. The minimum Gasteiger partial charge on any atom is -0.350 e. The highest BCUT2D eigenvalue weighted by atomic mass is 32.1. The van der Waals surface area contributed by atoms with Gasteiger partial charge in [0, 0.05) is 25.0 Å². The lowest BCUT2D eigenvalue weighted by Gasteiger charge is -2.24. The van der Waals surface area contributed by atoms with Gasteiger partial charge in [0.1, 0.15) is 0 Å². The molecule has 0 saturated carbocycles. The maximum Gasteiger partial charge on any atom is 0.315 e. The number of amides is 2. The van der Waals surface area contributed by atoms with E-state index in [-0.39, 0.29) is 12.1 Å². The normalized spacial score (nSPS) is 12.4. The van der Waals surface area contributed by atoms with Gasteiger partial charge in [-0.3, -0.25) is 0 Å². The minimum atomic E-state index is -0.138. The summed E-state index contributed by atoms with van der Waals surface area (Å²) in [5, 5.41) is 10.0. The molecular weight excluding hydrogens is 296 g/mol. The Balaban J connectivity index is 1.83. The summed E-state index contributed by atoms with van der Waals surface area (Å²) in [7, 11) is 6.05. The number of rotatable bonds is 6. The zero-order valence-electron chi connectivity index (χ0n) is 13.6. The van der Waals surface area contributed by atoms with Crippen LogP contribution in [-0.2, 0) is 13.6 Å². The Kier molecular flexibility index (Phi) is 5.63. The molecule has 5 nitrogen and oxygen atoms in total. The van der Waals surface area contributed by atoms with Gasteiger partial charge in [-0.05, 0) is 55.5 Å². The Labute approximate surface area is 135 Å². The third kappa shape index (κ3) is 4.11. The van der Waals surface area contributed by atoms with E-state index < -0.39 is 0 Å². The first-order chi connectivity index (χ1) is 10.5. The van der Waals surface area contributed by atoms with E-state index in [2.05, 4.69) is 36.9 Å². The smallest absolute Gasteiger partial charge is 0.315 e. The Morgan fingerprint density at radius 1 is 1.32 bits per heavy atom. The number of hydrogen-bond donors (Lipinski definition) is 2. The molecule has 0 aliphatic heterocycles. The monoisotopic (exact) mass is 320 g/mol. The first-order valence-corrected chi connectivity index (χ1v) is 8.24. The molecule has 0 spiro atoms. The van der Waals surface area contributed by atoms with Crippen LogP contribution in [0.5, 0.6) is 0 Å². The van der Waals surface area contributed by atoms with E-state index in [1.165, 1.54) is 11.3 Å². The second-order valence-corrected chi connectivity index (χ2v) is 6.40. The zero-order chi connectivity index (χ0) is 16.1. The number of urea groups is 1. The highest BCUT2D eigenvalue weighted by Crippen LogP contribution is 2.19. The number of likely N-dealkylation sites (N-methyl/N-ethyl adjacent to an activating group) is 1. The number of carbonyl (C=O) groups excluding carboxylic acids is 1. The molecular formula is C16H24N4OS. The molecule has 0 aliphatic rings. The van der Waals surface area contributed by atoms with Crippen LogP contribution in [0.4, 0.5) is 4.79 Å². The van der Waals surface area contributed by atoms with E-state index in [9.17, 15) is 4.79 Å². The molecule has 120 valence electrons. The van der Waals surface area contributed by atoms with E-state index in [0.717, 1.165) is 5.69 Å². The van der Waals surface area contributed by atoms with Gasteiger partial charge in [-0.25, -0.2) is 4.79 Å². The molecule has 6 heteroatoms. The first kappa shape index (κ1) is 16.6. The quantitative estimate of drug-likeness (QED) is 0.859. The Morgan fingerprint density at radius 2 is 2.09 bits per heavy atom. The zero-order valence-corrected chi connectivity index (χ0v) is 14.4. The van der Waals surface area contributed by atoms with E-state index in [0.29, 0.717) is 13.1 Å². The molecule has 0 radical (unpaired) electrons. The van der Waals surface area contributed by atoms with Crippen molar-refractivity contribution < 1.29 is 4.79 Å². The van der Waals surface area contributed by atoms with Crippen molar-refractivity contribution >= 4 is 17.4 Å². The van der Waals surface area contributed by atoms with Crippen molar-refractivity contribution in [2.45, 2.75) is 19.5 Å². The number of carbonyl (C=O) groups is 1. The largest absolute Gasteiger partial charge is 0.350 e. The van der Waals surface area contributed by atoms with Crippen molar-refractivity contribution in [2.75, 3.05) is 20.6 Å². The fraction of sp³-hybridized carbons (Fsp3) is 0.438. The van der Waals surface area contributed by atoms with Crippen LogP contribution in [0.15, 0.2) is 29.0 Å². The number of hydrogen-bond acceptors (Lipinski definition) is 3. The highest BCUT2D eigenvalue weighted by Gasteiger charge is 2.15. The van der Waals surface area contributed by atoms with Crippen molar-refractivity contribution in [1.29, 1.82) is 0 Å². The standard InChI is InChI=1S/C16H24N4OS/c1-12-5-6-14(20(12)4)9-17-16(21)18-10-15(19(2)3)13-7-8-22-11-13/h5-8,11,15H,9-10H2,1-4H3,(H2,17,18,21)/t15-/m0/s1. The van der Waals surface area contributed by atoms with Crippen LogP contribution in [0.1, 0.15) is 23.0 Å². The number of aromatic nitrogens is 1. The maximum absolute atomic E-state index is 12.0. The summed E-state index contributed by atoms with van der Waals surface area (Å²) in [5.74, 6) is 0. The second-order valence-electron chi connectivity index (χ2n) is 5.62. The summed E-state index contributed by atoms with van der Waals surface area (Å²) in [6.45, 7) is 3.16. The summed E-state index contributed by atoms with van der Waals surface area (Å²) in [4.78, 5) is 14.1. The molecule has 2 amide bonds. The third-order valence-corrected chi connectivity index (χ3v) is 4.62. The SMILES string of the molecule is Cc1ccc(CNC(=O)NC[C@@H](c2ccsc2)N(C)C)n1C. The Morgan fingerprint density at radius 3 is 2.64 bits per heavy atom. The second kappa shape index (κ2) is 7.47. The van der Waals surface area contributed by atoms with Gasteiger partial charge in [0.05, 0.1) is 12.6 Å². The molecule has 22 heavy (non-hydrogen) atoms. The molecule has 2 heterocycles. The van der Waals surface area contributed by atoms with Gasteiger partial charge >= 0.3 is 6.03 Å². The van der Waals surface area contributed by atoms with E-state index in [4.69, 9.17) is 0 Å². The van der Waals surface area contributed by atoms with E-state index >= 15 is 0 Å². The van der Waals surface area contributed by atoms with Crippen LogP contribution < -0.4 is 10.6 Å². The fourth-order valence-corrected chi connectivity index (χ4v) is 3.04. The summed E-state index contributed by atoms with van der Waals surface area (Å²) in [5.41, 5.74) is 3.50. The minimum absolute atomic E-state index is 0.138. The van der Waals surface area contributed by atoms with Crippen molar-refractivity contribution in [2.24, 2.45) is 7.05 Å². The number of nitrogens with one attached hydrogen (secondary N) is 2. The van der Waals surface area contributed by atoms with Crippen molar-refractivity contribution in [3.63, 3.8) is 0 Å². The highest BCUT2D eigenvalue weighted by molar-refractivity contribution is 7.07. The number of nitrogens with zero attached hydrogens (tertiary/aromatic N) is 2. The van der Waals surface area contributed by atoms with Gasteiger partial charge < -0.3 is 20.1 Å². The van der Waals surface area contributed by atoms with Gasteiger partial charge in [-0.2, -0.15) is 11.3 Å². The van der Waals surface area contributed by atoms with Crippen molar-refractivity contribution in [3.05, 3.63) is 45.9 Å². The van der Waals surface area contributed by atoms with Gasteiger partial charge in [-0.1, -0.05) is 0 Å². The van der Waals surface area contributed by atoms with Crippen LogP contribution in [-0.4, -0.2) is 36.1 Å². The molecule has 1 atom stereocenters. The third-order valence-electron chi connectivity index (χ3n) is 3.91. The maximum atomic E-state index is 12.0. The predicted molar refractivity (Wildman–Crippen MR) is 91.1 cm³/mol. The van der Waals surface area contributed by atoms with E-state index in [1.807, 2.05) is 40.2 Å². The van der Waals surface area contributed by atoms with Crippen LogP contribution in [0, 0.1) is 6.92 Å². The average molecular weight is 320 g/mol. The van der Waals surface area contributed by atoms with Crippen LogP contribution in [0.25, 0.3) is 0 Å². The fourth-order valence-electron chi connectivity index (χ4n) is 2.33. The summed E-state index contributed by atoms with van der Waals surface area (Å²) in [6, 6.07) is 6.23. The average Bonchev–Trinajstić information content (AvgIpc) is 3.09. The van der Waals surface area contributed by atoms with Crippen molar-refractivity contribution in [3.8, 4) is 0 Å². The lowest BCUT2D eigenvalue weighted by Crippen LogP contribution is -2.40. The summed E-state index contributed by atoms with van der Waals surface area (Å²) in [6.07, 6.45) is 0. The number of thiophene rings is 1. The molecule has 0 aliphatic carbocycles. The van der Waals surface area contributed by atoms with Gasteiger partial charge in [0.25, 0.3) is 0 Å². The van der Waals surface area contributed by atoms with Gasteiger partial charge in [0.15, 0.2) is 0 Å². The summed E-state index contributed by atoms with van der Waals surface area (Å²) < 4.78 is 2.08. The predicted octanol–water partition coefficient (Wildman–Crippen LogP) is 2.50. The van der Waals surface area contributed by atoms with Crippen molar-refractivity contribution in [1.82, 2.24) is 20.1 Å². The van der Waals surface area contributed by atoms with Crippen LogP contribution >= 0.6 is 11.3 Å². The molecule has 0 fully saturated rings. The van der Waals surface area contributed by atoms with Gasteiger partial charge in [-0.15, -0.1) is 0 Å². The van der Waals surface area contributed by atoms with Crippen LogP contribution in [0.3, 0.4) is 0 Å². The van der Waals surface area contributed by atoms with Crippen LogP contribution in [0.2, 0.25) is 0 Å². The molecule has 0 unspecified atom stereocenters. The molecule has 2 aromatic heterocycles. The van der Waals surface area contributed by atoms with E-state index in [1.54, 1.807) is 11.3 Å². The summed E-state index contributed by atoms with van der Waals surface area (Å²) >= 11 is 1.67. The molecule has 2 N–H and O–H groups in total. The number of aryl methyl sites for hydroxylation is 1. The molecule has 0 saturated heterocycles. The lowest BCUT2D eigenvalue weighted by molar-refractivity contribution is 0.232. The van der Waals surface area contributed by atoms with Gasteiger partial charge in [0.2, 0.25) is 0 Å². The Bertz CT molecular complexity index is 604. The molecule has 2 rings (SSSR count). The topological polar surface area (TPSA) is 49.3 Å². The molecule has 0 aromatic carbocycles. The molecule has 0 bridgehead atoms. The Hall–Kier alpha value is -1.79.